The van der Waals surface area contributed by atoms with E-state index >= 15 is 0 Å². The van der Waals surface area contributed by atoms with E-state index in [2.05, 4.69) is 20.8 Å². The smallest absolute Gasteiger partial charge is 0.261 e. The largest absolute Gasteiger partial charge is 0.393 e. The van der Waals surface area contributed by atoms with Gasteiger partial charge in [-0.25, -0.2) is 0 Å². The molecule has 124 valence electrons. The first-order chi connectivity index (χ1) is 10.9. The molecule has 1 aromatic rings. The van der Waals surface area contributed by atoms with E-state index in [0.717, 1.165) is 19.3 Å². The lowest BCUT2D eigenvalue weighted by Crippen LogP contribution is -2.52. The zero-order valence-corrected chi connectivity index (χ0v) is 14.1. The van der Waals surface area contributed by atoms with Crippen LogP contribution < -0.4 is 0 Å². The Labute approximate surface area is 137 Å². The van der Waals surface area contributed by atoms with Crippen molar-refractivity contribution in [3.05, 3.63) is 35.4 Å². The van der Waals surface area contributed by atoms with Crippen LogP contribution in [0.2, 0.25) is 0 Å². The van der Waals surface area contributed by atoms with Crippen LogP contribution in [0.5, 0.6) is 0 Å². The predicted octanol–water partition coefficient (Wildman–Crippen LogP) is 3.25. The van der Waals surface area contributed by atoms with Crippen LogP contribution in [0, 0.1) is 11.3 Å². The third-order valence-electron chi connectivity index (χ3n) is 5.86. The highest BCUT2D eigenvalue weighted by Crippen LogP contribution is 2.44. The number of hydrogen-bond donors (Lipinski definition) is 1. The molecular weight excluding hydrogens is 290 g/mol. The van der Waals surface area contributed by atoms with Crippen molar-refractivity contribution in [1.29, 1.82) is 0 Å². The summed E-state index contributed by atoms with van der Waals surface area (Å²) in [6.07, 6.45) is 2.62. The molecule has 1 aromatic carbocycles. The molecule has 0 bridgehead atoms. The maximum atomic E-state index is 12.8. The molecule has 0 saturated heterocycles. The van der Waals surface area contributed by atoms with Gasteiger partial charge in [-0.3, -0.25) is 14.5 Å². The summed E-state index contributed by atoms with van der Waals surface area (Å²) >= 11 is 0. The number of fused-ring (bicyclic) bond motifs is 1. The fraction of sp³-hybridized carbons (Fsp3) is 0.579. The van der Waals surface area contributed by atoms with Crippen LogP contribution in [0.1, 0.15) is 67.2 Å². The number of aliphatic hydroxyl groups is 1. The summed E-state index contributed by atoms with van der Waals surface area (Å²) in [5, 5.41) is 10.1. The number of amides is 2. The average Bonchev–Trinajstić information content (AvgIpc) is 2.79. The minimum atomic E-state index is -0.437. The molecule has 3 rings (SSSR count). The van der Waals surface area contributed by atoms with Gasteiger partial charge in [0, 0.05) is 6.04 Å². The standard InChI is InChI=1S/C19H25NO3/c1-4-19(2,3)15-10-9-12(21)11-16(15)20-17(22)13-7-5-6-8-14(13)18(20)23/h5-8,12,15-16,21H,4,9-11H2,1-3H3. The highest BCUT2D eigenvalue weighted by molar-refractivity contribution is 6.21. The van der Waals surface area contributed by atoms with Gasteiger partial charge in [-0.1, -0.05) is 39.3 Å². The summed E-state index contributed by atoms with van der Waals surface area (Å²) in [7, 11) is 0. The first-order valence-corrected chi connectivity index (χ1v) is 8.51. The fourth-order valence-electron chi connectivity index (χ4n) is 4.09. The molecule has 1 aliphatic heterocycles. The summed E-state index contributed by atoms with van der Waals surface area (Å²) in [6.45, 7) is 6.53. The first-order valence-electron chi connectivity index (χ1n) is 8.51. The zero-order valence-electron chi connectivity index (χ0n) is 14.1. The molecule has 2 aliphatic rings. The molecule has 0 radical (unpaired) electrons. The summed E-state index contributed by atoms with van der Waals surface area (Å²) in [6, 6.07) is 6.79. The van der Waals surface area contributed by atoms with Gasteiger partial charge < -0.3 is 5.11 Å². The van der Waals surface area contributed by atoms with E-state index in [4.69, 9.17) is 0 Å². The van der Waals surface area contributed by atoms with Crippen LogP contribution in [0.3, 0.4) is 0 Å². The van der Waals surface area contributed by atoms with E-state index in [1.807, 2.05) is 0 Å². The molecule has 1 N–H and O–H groups in total. The monoisotopic (exact) mass is 315 g/mol. The second kappa shape index (κ2) is 5.75. The van der Waals surface area contributed by atoms with E-state index in [0.29, 0.717) is 17.5 Å². The Bertz CT molecular complexity index is 602. The minimum Gasteiger partial charge on any atom is -0.393 e. The number of hydrogen-bond acceptors (Lipinski definition) is 3. The Morgan fingerprint density at radius 1 is 1.13 bits per heavy atom. The third kappa shape index (κ3) is 2.59. The Balaban J connectivity index is 1.98. The van der Waals surface area contributed by atoms with Gasteiger partial charge in [0.2, 0.25) is 0 Å². The van der Waals surface area contributed by atoms with Gasteiger partial charge in [-0.15, -0.1) is 0 Å². The average molecular weight is 315 g/mol. The van der Waals surface area contributed by atoms with E-state index < -0.39 is 6.10 Å². The molecule has 1 aliphatic carbocycles. The van der Waals surface area contributed by atoms with Gasteiger partial charge in [0.05, 0.1) is 17.2 Å². The number of carbonyl (C=O) groups excluding carboxylic acids is 2. The molecule has 1 heterocycles. The van der Waals surface area contributed by atoms with Gasteiger partial charge >= 0.3 is 0 Å². The van der Waals surface area contributed by atoms with Crippen LogP contribution in [0.25, 0.3) is 0 Å². The van der Waals surface area contributed by atoms with Crippen molar-refractivity contribution in [2.45, 2.75) is 58.6 Å². The van der Waals surface area contributed by atoms with Crippen molar-refractivity contribution in [2.75, 3.05) is 0 Å². The highest BCUT2D eigenvalue weighted by atomic mass is 16.3. The van der Waals surface area contributed by atoms with Crippen molar-refractivity contribution < 1.29 is 14.7 Å². The molecule has 1 saturated carbocycles. The lowest BCUT2D eigenvalue weighted by molar-refractivity contribution is -0.00541. The van der Waals surface area contributed by atoms with Crippen molar-refractivity contribution in [2.24, 2.45) is 11.3 Å². The molecule has 1 fully saturated rings. The molecular formula is C19H25NO3. The van der Waals surface area contributed by atoms with Crippen molar-refractivity contribution >= 4 is 11.8 Å². The minimum absolute atomic E-state index is 0.0279. The summed E-state index contributed by atoms with van der Waals surface area (Å²) < 4.78 is 0. The van der Waals surface area contributed by atoms with Gasteiger partial charge in [-0.2, -0.15) is 0 Å². The van der Waals surface area contributed by atoms with Crippen LogP contribution >= 0.6 is 0 Å². The number of benzene rings is 1. The van der Waals surface area contributed by atoms with Crippen molar-refractivity contribution in [3.8, 4) is 0 Å². The number of imide groups is 1. The first kappa shape index (κ1) is 16.2. The Morgan fingerprint density at radius 3 is 2.22 bits per heavy atom. The number of rotatable bonds is 3. The second-order valence-corrected chi connectivity index (χ2v) is 7.51. The SMILES string of the molecule is CCC(C)(C)C1CCC(O)CC1N1C(=O)c2ccccc2C1=O. The van der Waals surface area contributed by atoms with Gasteiger partial charge in [-0.05, 0) is 42.7 Å². The van der Waals surface area contributed by atoms with Crippen LogP contribution in [0.15, 0.2) is 24.3 Å². The Kier molecular flexibility index (Phi) is 4.05. The second-order valence-electron chi connectivity index (χ2n) is 7.51. The summed E-state index contributed by atoms with van der Waals surface area (Å²) in [5.74, 6) is -0.193. The molecule has 4 nitrogen and oxygen atoms in total. The van der Waals surface area contributed by atoms with Crippen LogP contribution in [0.4, 0.5) is 0 Å². The number of nitrogens with zero attached hydrogens (tertiary/aromatic N) is 1. The Morgan fingerprint density at radius 2 is 1.70 bits per heavy atom. The predicted molar refractivity (Wildman–Crippen MR) is 88.1 cm³/mol. The van der Waals surface area contributed by atoms with Crippen molar-refractivity contribution in [1.82, 2.24) is 4.90 Å². The topological polar surface area (TPSA) is 57.6 Å². The molecule has 3 atom stereocenters. The molecule has 2 amide bonds. The van der Waals surface area contributed by atoms with Crippen molar-refractivity contribution in [3.63, 3.8) is 0 Å². The lowest BCUT2D eigenvalue weighted by Gasteiger charge is -2.46. The number of aliphatic hydroxyl groups excluding tert-OH is 1. The van der Waals surface area contributed by atoms with Crippen LogP contribution in [-0.4, -0.2) is 34.0 Å². The molecule has 0 aromatic heterocycles. The maximum Gasteiger partial charge on any atom is 0.261 e. The van der Waals surface area contributed by atoms with E-state index in [9.17, 15) is 14.7 Å². The van der Waals surface area contributed by atoms with Gasteiger partial charge in [0.25, 0.3) is 11.8 Å². The summed E-state index contributed by atoms with van der Waals surface area (Å²) in [5.41, 5.74) is 1.01. The Hall–Kier alpha value is -1.68. The molecule has 3 unspecified atom stereocenters. The zero-order chi connectivity index (χ0) is 16.8. The van der Waals surface area contributed by atoms with E-state index in [1.165, 1.54) is 4.90 Å². The van der Waals surface area contributed by atoms with Gasteiger partial charge in [0.1, 0.15) is 0 Å². The van der Waals surface area contributed by atoms with E-state index in [-0.39, 0.29) is 29.2 Å². The summed E-state index contributed by atoms with van der Waals surface area (Å²) in [4.78, 5) is 27.0. The molecule has 4 heteroatoms. The maximum absolute atomic E-state index is 12.8. The third-order valence-corrected chi connectivity index (χ3v) is 5.86. The van der Waals surface area contributed by atoms with Crippen LogP contribution in [-0.2, 0) is 0 Å². The normalized spacial score (nSPS) is 28.2. The van der Waals surface area contributed by atoms with E-state index in [1.54, 1.807) is 24.3 Å². The quantitative estimate of drug-likeness (QED) is 0.871. The lowest BCUT2D eigenvalue weighted by atomic mass is 9.66. The number of carbonyl (C=O) groups is 2. The fourth-order valence-corrected chi connectivity index (χ4v) is 4.09. The van der Waals surface area contributed by atoms with Gasteiger partial charge in [0.15, 0.2) is 0 Å². The highest BCUT2D eigenvalue weighted by Gasteiger charge is 2.48. The molecule has 23 heavy (non-hydrogen) atoms. The molecule has 0 spiro atoms.